The Bertz CT molecular complexity index is 1400. The van der Waals surface area contributed by atoms with Crippen molar-refractivity contribution in [1.29, 1.82) is 5.26 Å². The van der Waals surface area contributed by atoms with Crippen LogP contribution in [0.4, 0.5) is 5.69 Å². The zero-order valence-electron chi connectivity index (χ0n) is 17.3. The Morgan fingerprint density at radius 2 is 1.81 bits per heavy atom. The molecule has 4 rings (SSSR count). The summed E-state index contributed by atoms with van der Waals surface area (Å²) in [6.07, 6.45) is 1.64. The van der Waals surface area contributed by atoms with E-state index >= 15 is 0 Å². The van der Waals surface area contributed by atoms with Crippen LogP contribution in [-0.2, 0) is 11.3 Å². The van der Waals surface area contributed by atoms with Crippen LogP contribution in [0, 0.1) is 18.3 Å². The molecule has 0 bridgehead atoms. The van der Waals surface area contributed by atoms with E-state index in [0.29, 0.717) is 22.3 Å². The average Bonchev–Trinajstić information content (AvgIpc) is 3.04. The van der Waals surface area contributed by atoms with E-state index < -0.39 is 5.91 Å². The van der Waals surface area contributed by atoms with Crippen molar-refractivity contribution in [2.75, 3.05) is 5.32 Å². The molecule has 1 N–H and O–H groups in total. The molecule has 1 amide bonds. The Hall–Kier alpha value is -3.52. The van der Waals surface area contributed by atoms with Gasteiger partial charge in [0.2, 0.25) is 0 Å². The SMILES string of the molecule is Cc1c(C=C(C#N)C(=O)Nc2cccc(Cl)c2)c2ccccc2n1Cc1ccccc1Cl. The summed E-state index contributed by atoms with van der Waals surface area (Å²) < 4.78 is 2.15. The number of nitrogens with zero attached hydrogens (tertiary/aromatic N) is 2. The molecule has 0 unspecified atom stereocenters. The van der Waals surface area contributed by atoms with Crippen LogP contribution in [0.2, 0.25) is 10.0 Å². The van der Waals surface area contributed by atoms with Crippen LogP contribution in [0.1, 0.15) is 16.8 Å². The van der Waals surface area contributed by atoms with Crippen molar-refractivity contribution in [3.8, 4) is 6.07 Å². The number of nitrogens with one attached hydrogen (secondary N) is 1. The van der Waals surface area contributed by atoms with Gasteiger partial charge in [-0.25, -0.2) is 0 Å². The van der Waals surface area contributed by atoms with Crippen molar-refractivity contribution in [2.24, 2.45) is 0 Å². The second-order valence-corrected chi connectivity index (χ2v) is 8.17. The zero-order chi connectivity index (χ0) is 22.7. The first kappa shape index (κ1) is 21.7. The normalized spacial score (nSPS) is 11.4. The highest BCUT2D eigenvalue weighted by molar-refractivity contribution is 6.31. The summed E-state index contributed by atoms with van der Waals surface area (Å²) in [6.45, 7) is 2.56. The van der Waals surface area contributed by atoms with Crippen molar-refractivity contribution >= 4 is 51.8 Å². The lowest BCUT2D eigenvalue weighted by atomic mass is 10.1. The van der Waals surface area contributed by atoms with Gasteiger partial charge in [-0.05, 0) is 48.9 Å². The predicted octanol–water partition coefficient (Wildman–Crippen LogP) is 6.85. The molecule has 0 saturated heterocycles. The average molecular weight is 460 g/mol. The van der Waals surface area contributed by atoms with Crippen LogP contribution in [0.15, 0.2) is 78.4 Å². The van der Waals surface area contributed by atoms with Gasteiger partial charge in [-0.15, -0.1) is 0 Å². The third-order valence-corrected chi connectivity index (χ3v) is 5.91. The number of hydrogen-bond donors (Lipinski definition) is 1. The van der Waals surface area contributed by atoms with Gasteiger partial charge in [0, 0.05) is 44.4 Å². The van der Waals surface area contributed by atoms with Gasteiger partial charge in [-0.3, -0.25) is 4.79 Å². The number of fused-ring (bicyclic) bond motifs is 1. The van der Waals surface area contributed by atoms with Crippen LogP contribution in [0.25, 0.3) is 17.0 Å². The van der Waals surface area contributed by atoms with E-state index in [2.05, 4.69) is 9.88 Å². The number of amides is 1. The van der Waals surface area contributed by atoms with Crippen LogP contribution < -0.4 is 5.32 Å². The molecule has 0 aliphatic rings. The zero-order valence-corrected chi connectivity index (χ0v) is 18.8. The molecule has 3 aromatic carbocycles. The molecule has 1 aromatic heterocycles. The summed E-state index contributed by atoms with van der Waals surface area (Å²) in [4.78, 5) is 12.8. The van der Waals surface area contributed by atoms with Crippen molar-refractivity contribution in [3.63, 3.8) is 0 Å². The minimum atomic E-state index is -0.489. The molecule has 1 heterocycles. The number of para-hydroxylation sites is 1. The van der Waals surface area contributed by atoms with Gasteiger partial charge in [-0.1, -0.05) is 65.7 Å². The van der Waals surface area contributed by atoms with E-state index in [4.69, 9.17) is 23.2 Å². The maximum absolute atomic E-state index is 12.8. The lowest BCUT2D eigenvalue weighted by molar-refractivity contribution is -0.112. The number of benzene rings is 3. The van der Waals surface area contributed by atoms with Gasteiger partial charge < -0.3 is 9.88 Å². The Kier molecular flexibility index (Phi) is 6.32. The predicted molar refractivity (Wildman–Crippen MR) is 131 cm³/mol. The molecule has 4 nitrogen and oxygen atoms in total. The number of carbonyl (C=O) groups excluding carboxylic acids is 1. The molecule has 6 heteroatoms. The molecular formula is C26H19Cl2N3O. The standard InChI is InChI=1S/C26H19Cl2N3O/c1-17-23(13-19(15-29)26(32)30-21-9-6-8-20(27)14-21)22-10-3-5-12-25(22)31(17)16-18-7-2-4-11-24(18)28/h2-14H,16H2,1H3,(H,30,32). The van der Waals surface area contributed by atoms with E-state index in [1.807, 2.05) is 61.5 Å². The second-order valence-electron chi connectivity index (χ2n) is 7.33. The lowest BCUT2D eigenvalue weighted by Crippen LogP contribution is -2.13. The minimum absolute atomic E-state index is 0.00808. The summed E-state index contributed by atoms with van der Waals surface area (Å²) >= 11 is 12.4. The Balaban J connectivity index is 1.76. The minimum Gasteiger partial charge on any atom is -0.340 e. The summed E-state index contributed by atoms with van der Waals surface area (Å²) in [5, 5.41) is 14.6. The molecule has 4 aromatic rings. The topological polar surface area (TPSA) is 57.8 Å². The fourth-order valence-electron chi connectivity index (χ4n) is 3.70. The Morgan fingerprint density at radius 3 is 2.56 bits per heavy atom. The van der Waals surface area contributed by atoms with Crippen LogP contribution in [-0.4, -0.2) is 10.5 Å². The number of halogens is 2. The van der Waals surface area contributed by atoms with Gasteiger partial charge in [0.15, 0.2) is 0 Å². The fourth-order valence-corrected chi connectivity index (χ4v) is 4.08. The fraction of sp³-hybridized carbons (Fsp3) is 0.0769. The molecule has 0 aliphatic carbocycles. The number of hydrogen-bond acceptors (Lipinski definition) is 2. The number of aromatic nitrogens is 1. The summed E-state index contributed by atoms with van der Waals surface area (Å²) in [7, 11) is 0. The van der Waals surface area contributed by atoms with E-state index in [1.165, 1.54) is 0 Å². The summed E-state index contributed by atoms with van der Waals surface area (Å²) in [5.41, 5.74) is 4.30. The molecule has 0 spiro atoms. The highest BCUT2D eigenvalue weighted by Gasteiger charge is 2.17. The summed E-state index contributed by atoms with van der Waals surface area (Å²) in [5.74, 6) is -0.489. The van der Waals surface area contributed by atoms with Gasteiger partial charge in [0.25, 0.3) is 5.91 Å². The first-order valence-electron chi connectivity index (χ1n) is 9.98. The molecule has 0 saturated carbocycles. The third-order valence-electron chi connectivity index (χ3n) is 5.30. The quantitative estimate of drug-likeness (QED) is 0.262. The maximum atomic E-state index is 12.8. The highest BCUT2D eigenvalue weighted by Crippen LogP contribution is 2.30. The lowest BCUT2D eigenvalue weighted by Gasteiger charge is -2.10. The molecule has 0 aliphatic heterocycles. The smallest absolute Gasteiger partial charge is 0.266 e. The van der Waals surface area contributed by atoms with Gasteiger partial charge in [-0.2, -0.15) is 5.26 Å². The largest absolute Gasteiger partial charge is 0.340 e. The molecule has 158 valence electrons. The van der Waals surface area contributed by atoms with E-state index in [9.17, 15) is 10.1 Å². The van der Waals surface area contributed by atoms with Crippen LogP contribution in [0.5, 0.6) is 0 Å². The Morgan fingerprint density at radius 1 is 1.06 bits per heavy atom. The van der Waals surface area contributed by atoms with Crippen LogP contribution in [0.3, 0.4) is 0 Å². The third kappa shape index (κ3) is 4.40. The van der Waals surface area contributed by atoms with E-state index in [0.717, 1.165) is 27.7 Å². The van der Waals surface area contributed by atoms with Crippen molar-refractivity contribution in [1.82, 2.24) is 4.57 Å². The molecule has 0 fully saturated rings. The van der Waals surface area contributed by atoms with Crippen LogP contribution >= 0.6 is 23.2 Å². The molecular weight excluding hydrogens is 441 g/mol. The van der Waals surface area contributed by atoms with Crippen molar-refractivity contribution < 1.29 is 4.79 Å². The summed E-state index contributed by atoms with van der Waals surface area (Å²) in [6, 6.07) is 24.5. The number of anilines is 1. The maximum Gasteiger partial charge on any atom is 0.266 e. The first-order valence-corrected chi connectivity index (χ1v) is 10.7. The van der Waals surface area contributed by atoms with Gasteiger partial charge in [0.05, 0.1) is 0 Å². The van der Waals surface area contributed by atoms with E-state index in [-0.39, 0.29) is 5.57 Å². The molecule has 32 heavy (non-hydrogen) atoms. The number of rotatable bonds is 5. The Labute approximate surface area is 196 Å². The van der Waals surface area contributed by atoms with Crippen molar-refractivity contribution in [3.05, 3.63) is 105 Å². The highest BCUT2D eigenvalue weighted by atomic mass is 35.5. The van der Waals surface area contributed by atoms with Gasteiger partial charge >= 0.3 is 0 Å². The molecule has 0 radical (unpaired) electrons. The van der Waals surface area contributed by atoms with Crippen molar-refractivity contribution in [2.45, 2.75) is 13.5 Å². The monoisotopic (exact) mass is 459 g/mol. The molecule has 0 atom stereocenters. The van der Waals surface area contributed by atoms with E-state index in [1.54, 1.807) is 30.3 Å². The number of carbonyl (C=O) groups is 1. The second kappa shape index (κ2) is 9.32. The number of nitriles is 1. The first-order chi connectivity index (χ1) is 15.5. The van der Waals surface area contributed by atoms with Gasteiger partial charge in [0.1, 0.15) is 11.6 Å².